The zero-order chi connectivity index (χ0) is 25.3. The van der Waals surface area contributed by atoms with E-state index < -0.39 is 32.5 Å². The van der Waals surface area contributed by atoms with E-state index in [1.807, 2.05) is 24.3 Å². The van der Waals surface area contributed by atoms with Gasteiger partial charge >= 0.3 is 5.76 Å². The average molecular weight is 528 g/mol. The molecule has 36 heavy (non-hydrogen) atoms. The van der Waals surface area contributed by atoms with E-state index in [2.05, 4.69) is 31.2 Å². The van der Waals surface area contributed by atoms with Crippen LogP contribution in [0.15, 0.2) is 56.8 Å². The molecule has 1 aliphatic rings. The van der Waals surface area contributed by atoms with Gasteiger partial charge in [-0.15, -0.1) is 0 Å². The molecule has 2 atom stereocenters. The Labute approximate surface area is 210 Å². The third-order valence-corrected chi connectivity index (χ3v) is 8.13. The fraction of sp³-hybridized carbons (Fsp3) is 0.292. The molecule has 1 aliphatic heterocycles. The molecule has 0 amide bonds. The standard InChI is InChI=1S/C24H22FN5O4S2/c1-15(18-10-3-2-6-16(18)7-4-8-17-9-5-11-26-17)30-20-12-19(25)22(13-21(20)34-24(30)31)36(32,33)29-23-27-14-28-35-23/h2-3,6,10,12-15,17,26H,5,8-9,11H2,1H3,(H,27,28,29). The molecular weight excluding hydrogens is 505 g/mol. The maximum absolute atomic E-state index is 15.1. The normalized spacial score (nSPS) is 16.6. The lowest BCUT2D eigenvalue weighted by Gasteiger charge is -2.15. The van der Waals surface area contributed by atoms with Gasteiger partial charge in [-0.3, -0.25) is 9.29 Å². The number of aromatic nitrogens is 3. The van der Waals surface area contributed by atoms with Crippen molar-refractivity contribution in [1.29, 1.82) is 0 Å². The predicted octanol–water partition coefficient (Wildman–Crippen LogP) is 3.49. The van der Waals surface area contributed by atoms with Crippen molar-refractivity contribution in [1.82, 2.24) is 19.2 Å². The highest BCUT2D eigenvalue weighted by molar-refractivity contribution is 7.93. The first-order chi connectivity index (χ1) is 17.3. The number of hydrogen-bond acceptors (Lipinski definition) is 8. The van der Waals surface area contributed by atoms with Crippen molar-refractivity contribution in [2.45, 2.75) is 43.2 Å². The fourth-order valence-electron chi connectivity index (χ4n) is 4.31. The minimum Gasteiger partial charge on any atom is -0.408 e. The lowest BCUT2D eigenvalue weighted by Crippen LogP contribution is -2.20. The smallest absolute Gasteiger partial charge is 0.408 e. The summed E-state index contributed by atoms with van der Waals surface area (Å²) in [6.45, 7) is 2.79. The Bertz CT molecular complexity index is 1630. The topological polar surface area (TPSA) is 119 Å². The van der Waals surface area contributed by atoms with E-state index in [0.29, 0.717) is 6.04 Å². The molecule has 4 aromatic rings. The Balaban J connectivity index is 1.50. The van der Waals surface area contributed by atoms with Crippen LogP contribution < -0.4 is 15.8 Å². The van der Waals surface area contributed by atoms with Crippen molar-refractivity contribution in [2.24, 2.45) is 0 Å². The summed E-state index contributed by atoms with van der Waals surface area (Å²) in [6.07, 6.45) is 4.15. The van der Waals surface area contributed by atoms with Gasteiger partial charge in [-0.2, -0.15) is 4.37 Å². The molecule has 1 fully saturated rings. The Morgan fingerprint density at radius 2 is 2.19 bits per heavy atom. The summed E-state index contributed by atoms with van der Waals surface area (Å²) < 4.78 is 53.0. The second-order valence-corrected chi connectivity index (χ2v) is 10.8. The van der Waals surface area contributed by atoms with Gasteiger partial charge in [-0.05, 0) is 37.9 Å². The number of sulfonamides is 1. The second kappa shape index (κ2) is 9.85. The molecule has 0 spiro atoms. The van der Waals surface area contributed by atoms with Gasteiger partial charge in [0.05, 0.1) is 11.6 Å². The third kappa shape index (κ3) is 4.77. The van der Waals surface area contributed by atoms with Crippen molar-refractivity contribution >= 4 is 37.8 Å². The highest BCUT2D eigenvalue weighted by Crippen LogP contribution is 2.29. The van der Waals surface area contributed by atoms with Gasteiger partial charge < -0.3 is 9.73 Å². The molecular formula is C24H22FN5O4S2. The van der Waals surface area contributed by atoms with Crippen LogP contribution in [0, 0.1) is 17.7 Å². The number of benzene rings is 2. The summed E-state index contributed by atoms with van der Waals surface area (Å²) in [7, 11) is -4.32. The zero-order valence-corrected chi connectivity index (χ0v) is 20.8. The van der Waals surface area contributed by atoms with Crippen molar-refractivity contribution in [3.8, 4) is 11.8 Å². The molecule has 186 valence electrons. The van der Waals surface area contributed by atoms with Gasteiger partial charge in [0.15, 0.2) is 5.58 Å². The quantitative estimate of drug-likeness (QED) is 0.369. The lowest BCUT2D eigenvalue weighted by molar-refractivity contribution is 0.489. The molecule has 2 unspecified atom stereocenters. The summed E-state index contributed by atoms with van der Waals surface area (Å²) in [5.74, 6) is 4.66. The second-order valence-electron chi connectivity index (χ2n) is 8.40. The predicted molar refractivity (Wildman–Crippen MR) is 134 cm³/mol. The molecule has 5 rings (SSSR count). The average Bonchev–Trinajstić information content (AvgIpc) is 3.60. The first-order valence-electron chi connectivity index (χ1n) is 11.3. The van der Waals surface area contributed by atoms with Crippen molar-refractivity contribution < 1.29 is 17.2 Å². The van der Waals surface area contributed by atoms with Crippen LogP contribution in [0.4, 0.5) is 9.52 Å². The highest BCUT2D eigenvalue weighted by Gasteiger charge is 2.26. The van der Waals surface area contributed by atoms with Crippen LogP contribution in [0.3, 0.4) is 0 Å². The van der Waals surface area contributed by atoms with E-state index in [4.69, 9.17) is 4.42 Å². The van der Waals surface area contributed by atoms with Crippen LogP contribution in [0.1, 0.15) is 43.4 Å². The van der Waals surface area contributed by atoms with Crippen LogP contribution in [-0.2, 0) is 10.0 Å². The largest absolute Gasteiger partial charge is 0.420 e. The summed E-state index contributed by atoms with van der Waals surface area (Å²) in [4.78, 5) is 15.9. The SMILES string of the molecule is CC(c1ccccc1C#CCC1CCCN1)n1c(=O)oc2cc(S(=O)(=O)Nc3ncns3)c(F)cc21. The number of hydrogen-bond donors (Lipinski definition) is 2. The minimum atomic E-state index is -4.32. The highest BCUT2D eigenvalue weighted by atomic mass is 32.2. The van der Waals surface area contributed by atoms with Crippen LogP contribution >= 0.6 is 11.5 Å². The van der Waals surface area contributed by atoms with Gasteiger partial charge in [0.25, 0.3) is 10.0 Å². The molecule has 0 saturated carbocycles. The lowest BCUT2D eigenvalue weighted by atomic mass is 10.0. The van der Waals surface area contributed by atoms with Gasteiger partial charge in [0.2, 0.25) is 5.13 Å². The fourth-order valence-corrected chi connectivity index (χ4v) is 6.05. The van der Waals surface area contributed by atoms with E-state index in [1.54, 1.807) is 6.92 Å². The number of oxazole rings is 1. The van der Waals surface area contributed by atoms with E-state index in [1.165, 1.54) is 10.9 Å². The Morgan fingerprint density at radius 1 is 1.36 bits per heavy atom. The third-order valence-electron chi connectivity index (χ3n) is 6.07. The number of rotatable bonds is 6. The molecule has 3 heterocycles. The number of halogens is 1. The monoisotopic (exact) mass is 527 g/mol. The van der Waals surface area contributed by atoms with Gasteiger partial charge in [0.1, 0.15) is 17.0 Å². The molecule has 0 bridgehead atoms. The number of fused-ring (bicyclic) bond motifs is 1. The van der Waals surface area contributed by atoms with Crippen LogP contribution in [0.2, 0.25) is 0 Å². The van der Waals surface area contributed by atoms with Crippen molar-refractivity contribution in [3.05, 3.63) is 70.2 Å². The molecule has 2 aromatic heterocycles. The van der Waals surface area contributed by atoms with E-state index in [0.717, 1.165) is 60.6 Å². The Hall–Kier alpha value is -3.53. The molecule has 0 aliphatic carbocycles. The number of nitrogens with zero attached hydrogens (tertiary/aromatic N) is 3. The minimum absolute atomic E-state index is 0.0106. The maximum atomic E-state index is 15.1. The van der Waals surface area contributed by atoms with Crippen LogP contribution in [0.25, 0.3) is 11.1 Å². The summed E-state index contributed by atoms with van der Waals surface area (Å²) in [5.41, 5.74) is 1.61. The van der Waals surface area contributed by atoms with Gasteiger partial charge in [-0.1, -0.05) is 30.0 Å². The Morgan fingerprint density at radius 3 is 2.94 bits per heavy atom. The van der Waals surface area contributed by atoms with E-state index >= 15 is 4.39 Å². The van der Waals surface area contributed by atoms with Gasteiger partial charge in [0, 0.05) is 41.7 Å². The molecule has 9 nitrogen and oxygen atoms in total. The maximum Gasteiger partial charge on any atom is 0.420 e. The molecule has 2 aromatic carbocycles. The first kappa shape index (κ1) is 24.2. The first-order valence-corrected chi connectivity index (χ1v) is 13.5. The van der Waals surface area contributed by atoms with Crippen LogP contribution in [0.5, 0.6) is 0 Å². The molecule has 0 radical (unpaired) electrons. The Kier molecular flexibility index (Phi) is 6.61. The van der Waals surface area contributed by atoms with Gasteiger partial charge in [-0.25, -0.2) is 22.6 Å². The zero-order valence-electron chi connectivity index (χ0n) is 19.2. The van der Waals surface area contributed by atoms with E-state index in [-0.39, 0.29) is 16.2 Å². The summed E-state index contributed by atoms with van der Waals surface area (Å²) in [6, 6.07) is 9.27. The van der Waals surface area contributed by atoms with E-state index in [9.17, 15) is 13.2 Å². The molecule has 1 saturated heterocycles. The molecule has 12 heteroatoms. The van der Waals surface area contributed by atoms with Crippen LogP contribution in [-0.4, -0.2) is 34.9 Å². The van der Waals surface area contributed by atoms with Crippen molar-refractivity contribution in [2.75, 3.05) is 11.3 Å². The summed E-state index contributed by atoms with van der Waals surface area (Å²) in [5, 5.41) is 3.40. The number of anilines is 1. The number of nitrogens with one attached hydrogen (secondary N) is 2. The summed E-state index contributed by atoms with van der Waals surface area (Å²) >= 11 is 0.810. The molecule has 2 N–H and O–H groups in total. The van der Waals surface area contributed by atoms with Crippen molar-refractivity contribution in [3.63, 3.8) is 0 Å².